The Hall–Kier alpha value is -4.45. The topological polar surface area (TPSA) is 86.0 Å². The van der Waals surface area contributed by atoms with Gasteiger partial charge in [-0.1, -0.05) is 43.0 Å². The second-order valence-electron chi connectivity index (χ2n) is 8.72. The van der Waals surface area contributed by atoms with Crippen LogP contribution in [0, 0.1) is 24.1 Å². The normalized spacial score (nSPS) is 15.8. The first-order chi connectivity index (χ1) is 17.4. The van der Waals surface area contributed by atoms with Gasteiger partial charge in [-0.2, -0.15) is 5.26 Å². The molecule has 0 radical (unpaired) electrons. The summed E-state index contributed by atoms with van der Waals surface area (Å²) in [5.74, 6) is -2.00. The van der Waals surface area contributed by atoms with Crippen LogP contribution in [0.5, 0.6) is 0 Å². The van der Waals surface area contributed by atoms with E-state index in [1.807, 2.05) is 54.3 Å². The van der Waals surface area contributed by atoms with Crippen molar-refractivity contribution in [3.63, 3.8) is 0 Å². The van der Waals surface area contributed by atoms with Crippen LogP contribution in [0.15, 0.2) is 61.3 Å². The number of aryl methyl sites for hydroxylation is 1. The average Bonchev–Trinajstić information content (AvgIpc) is 2.88. The van der Waals surface area contributed by atoms with Crippen LogP contribution in [-0.4, -0.2) is 51.4 Å². The van der Waals surface area contributed by atoms with Gasteiger partial charge in [-0.05, 0) is 23.3 Å². The highest BCUT2D eigenvalue weighted by Gasteiger charge is 2.33. The minimum absolute atomic E-state index is 0.00965. The number of piperazine rings is 1. The first-order valence-corrected chi connectivity index (χ1v) is 11.5. The Bertz CT molecular complexity index is 1560. The molecule has 0 bridgehead atoms. The number of amides is 1. The first kappa shape index (κ1) is 23.3. The first-order valence-electron chi connectivity index (χ1n) is 11.5. The molecular formula is C27H22F2N6O. The molecule has 0 unspecified atom stereocenters. The monoisotopic (exact) mass is 484 g/mol. The van der Waals surface area contributed by atoms with Gasteiger partial charge in [-0.25, -0.2) is 18.7 Å². The average molecular weight is 485 g/mol. The fraction of sp³-hybridized carbons (Fsp3) is 0.222. The Kier molecular flexibility index (Phi) is 6.02. The Morgan fingerprint density at radius 1 is 1.19 bits per heavy atom. The van der Waals surface area contributed by atoms with Crippen molar-refractivity contribution in [1.29, 1.82) is 5.26 Å². The summed E-state index contributed by atoms with van der Waals surface area (Å²) in [6, 6.07) is 13.1. The van der Waals surface area contributed by atoms with E-state index in [2.05, 4.69) is 21.5 Å². The number of anilines is 1. The molecule has 1 aliphatic heterocycles. The molecule has 5 rings (SSSR count). The zero-order valence-electron chi connectivity index (χ0n) is 19.6. The molecule has 7 nitrogen and oxygen atoms in total. The van der Waals surface area contributed by atoms with Crippen LogP contribution in [0.1, 0.15) is 12.0 Å². The molecule has 0 aliphatic carbocycles. The molecule has 0 spiro atoms. The number of carbonyl (C=O) groups is 1. The summed E-state index contributed by atoms with van der Waals surface area (Å²) >= 11 is 0. The summed E-state index contributed by atoms with van der Waals surface area (Å²) in [4.78, 5) is 28.4. The van der Waals surface area contributed by atoms with Crippen molar-refractivity contribution in [3.05, 3.63) is 72.7 Å². The number of fused-ring (bicyclic) bond motifs is 2. The Labute approximate surface area is 206 Å². The van der Waals surface area contributed by atoms with Crippen molar-refractivity contribution in [2.24, 2.45) is 0 Å². The summed E-state index contributed by atoms with van der Waals surface area (Å²) < 4.78 is 29.4. The maximum absolute atomic E-state index is 15.9. The third-order valence-corrected chi connectivity index (χ3v) is 6.57. The molecule has 36 heavy (non-hydrogen) atoms. The Morgan fingerprint density at radius 2 is 1.97 bits per heavy atom. The van der Waals surface area contributed by atoms with Crippen molar-refractivity contribution in [3.8, 4) is 17.3 Å². The highest BCUT2D eigenvalue weighted by atomic mass is 19.1. The van der Waals surface area contributed by atoms with Crippen LogP contribution in [0.3, 0.4) is 0 Å². The number of hydrogen-bond acceptors (Lipinski definition) is 6. The molecule has 1 atom stereocenters. The Balaban J connectivity index is 1.56. The van der Waals surface area contributed by atoms with Gasteiger partial charge in [0.05, 0.1) is 23.9 Å². The lowest BCUT2D eigenvalue weighted by Crippen LogP contribution is -2.55. The summed E-state index contributed by atoms with van der Waals surface area (Å²) in [5.41, 5.74) is 2.02. The summed E-state index contributed by atoms with van der Waals surface area (Å²) in [6.45, 7) is 5.78. The van der Waals surface area contributed by atoms with Gasteiger partial charge in [0.1, 0.15) is 23.4 Å². The number of benzene rings is 2. The maximum Gasteiger partial charge on any atom is 0.282 e. The summed E-state index contributed by atoms with van der Waals surface area (Å²) in [7, 11) is 0. The lowest BCUT2D eigenvalue weighted by Gasteiger charge is -2.41. The fourth-order valence-corrected chi connectivity index (χ4v) is 4.89. The zero-order valence-corrected chi connectivity index (χ0v) is 19.6. The molecule has 0 saturated carbocycles. The van der Waals surface area contributed by atoms with E-state index in [9.17, 15) is 14.4 Å². The Morgan fingerprint density at radius 3 is 2.72 bits per heavy atom. The van der Waals surface area contributed by atoms with Gasteiger partial charge in [0.25, 0.3) is 5.91 Å². The van der Waals surface area contributed by atoms with E-state index in [0.717, 1.165) is 16.3 Å². The van der Waals surface area contributed by atoms with Crippen molar-refractivity contribution >= 4 is 33.4 Å². The molecule has 2 aromatic heterocycles. The van der Waals surface area contributed by atoms with E-state index in [1.54, 1.807) is 6.20 Å². The smallest absolute Gasteiger partial charge is 0.282 e. The molecular weight excluding hydrogens is 462 g/mol. The zero-order chi connectivity index (χ0) is 25.4. The van der Waals surface area contributed by atoms with E-state index < -0.39 is 23.6 Å². The number of halogens is 2. The molecule has 180 valence electrons. The number of pyridine rings is 1. The number of carbonyl (C=O) groups excluding carboxylic acids is 1. The van der Waals surface area contributed by atoms with Crippen molar-refractivity contribution in [2.75, 3.05) is 24.5 Å². The van der Waals surface area contributed by atoms with Crippen LogP contribution in [0.2, 0.25) is 0 Å². The summed E-state index contributed by atoms with van der Waals surface area (Å²) in [6.07, 6.45) is 2.86. The van der Waals surface area contributed by atoms with E-state index in [4.69, 9.17) is 0 Å². The van der Waals surface area contributed by atoms with Crippen LogP contribution >= 0.6 is 0 Å². The highest BCUT2D eigenvalue weighted by molar-refractivity contribution is 6.00. The molecule has 4 aromatic rings. The number of aromatic nitrogens is 3. The van der Waals surface area contributed by atoms with Crippen LogP contribution in [0.25, 0.3) is 32.9 Å². The molecule has 1 fully saturated rings. The second kappa shape index (κ2) is 9.30. The van der Waals surface area contributed by atoms with Crippen molar-refractivity contribution < 1.29 is 13.6 Å². The van der Waals surface area contributed by atoms with Crippen LogP contribution in [0.4, 0.5) is 14.6 Å². The number of nitrogens with zero attached hydrogens (tertiary/aromatic N) is 6. The van der Waals surface area contributed by atoms with Crippen molar-refractivity contribution in [2.45, 2.75) is 19.4 Å². The van der Waals surface area contributed by atoms with Gasteiger partial charge in [0.2, 0.25) is 0 Å². The van der Waals surface area contributed by atoms with Gasteiger partial charge in [0.15, 0.2) is 11.6 Å². The van der Waals surface area contributed by atoms with E-state index in [-0.39, 0.29) is 30.7 Å². The maximum atomic E-state index is 15.9. The second-order valence-corrected chi connectivity index (χ2v) is 8.72. The third-order valence-electron chi connectivity index (χ3n) is 6.57. The lowest BCUT2D eigenvalue weighted by atomic mass is 9.97. The molecule has 1 amide bonds. The summed E-state index contributed by atoms with van der Waals surface area (Å²) in [5, 5.41) is 11.6. The van der Waals surface area contributed by atoms with E-state index >= 15 is 4.39 Å². The number of rotatable bonds is 4. The van der Waals surface area contributed by atoms with Crippen LogP contribution in [-0.2, 0) is 4.79 Å². The molecule has 3 heterocycles. The third kappa shape index (κ3) is 3.90. The van der Waals surface area contributed by atoms with Crippen molar-refractivity contribution in [1.82, 2.24) is 19.9 Å². The molecule has 9 heteroatoms. The van der Waals surface area contributed by atoms with Gasteiger partial charge < -0.3 is 9.80 Å². The number of hydrogen-bond donors (Lipinski definition) is 0. The highest BCUT2D eigenvalue weighted by Crippen LogP contribution is 2.35. The van der Waals surface area contributed by atoms with E-state index in [1.165, 1.54) is 11.2 Å². The van der Waals surface area contributed by atoms with E-state index in [0.29, 0.717) is 23.3 Å². The predicted octanol–water partition coefficient (Wildman–Crippen LogP) is 4.71. The predicted molar refractivity (Wildman–Crippen MR) is 133 cm³/mol. The minimum atomic E-state index is -1.07. The van der Waals surface area contributed by atoms with Crippen LogP contribution < -0.4 is 4.90 Å². The molecule has 0 N–H and O–H groups in total. The van der Waals surface area contributed by atoms with Gasteiger partial charge in [-0.15, -0.1) is 0 Å². The van der Waals surface area contributed by atoms with Gasteiger partial charge >= 0.3 is 0 Å². The quantitative estimate of drug-likeness (QED) is 0.390. The van der Waals surface area contributed by atoms with Gasteiger partial charge in [0, 0.05) is 31.4 Å². The SMILES string of the molecule is C=C(F)C(=O)N1CCN(c2ncnc3c(F)c(-c4cccc5cccc(C)c45)ncc23)C[C@@H]1CC#N. The minimum Gasteiger partial charge on any atom is -0.352 e. The number of nitriles is 1. The fourth-order valence-electron chi connectivity index (χ4n) is 4.89. The molecule has 2 aromatic carbocycles. The standard InChI is InChI=1S/C27H22F2N6O/c1-16-5-3-6-18-7-4-8-20(22(16)18)24-23(29)25-21(13-31-24)26(33-15-32-25)34-11-12-35(27(36)17(2)28)19(14-34)9-10-30/h3-8,13,15,19H,2,9,11-12,14H2,1H3/t19-/m0/s1. The molecule has 1 aliphatic rings. The largest absolute Gasteiger partial charge is 0.352 e. The lowest BCUT2D eigenvalue weighted by molar-refractivity contribution is -0.131. The molecule has 1 saturated heterocycles. The van der Waals surface area contributed by atoms with Gasteiger partial charge in [-0.3, -0.25) is 9.78 Å².